The van der Waals surface area contributed by atoms with Gasteiger partial charge in [0, 0.05) is 20.0 Å². The number of carbonyl (C=O) groups excluding carboxylic acids is 1. The van der Waals surface area contributed by atoms with Gasteiger partial charge >= 0.3 is 0 Å². The van der Waals surface area contributed by atoms with Gasteiger partial charge in [-0.1, -0.05) is 25.2 Å². The Morgan fingerprint density at radius 3 is 2.76 bits per heavy atom. The SMILES string of the molecule is CNc1nc2sc(NC(=O)C(C)C)nc2c2c1ncn2C. The summed E-state index contributed by atoms with van der Waals surface area (Å²) in [5, 5.41) is 6.43. The van der Waals surface area contributed by atoms with Gasteiger partial charge in [-0.3, -0.25) is 4.79 Å². The highest BCUT2D eigenvalue weighted by Crippen LogP contribution is 2.33. The monoisotopic (exact) mass is 304 g/mol. The number of hydrogen-bond acceptors (Lipinski definition) is 6. The van der Waals surface area contributed by atoms with E-state index in [1.54, 1.807) is 6.33 Å². The quantitative estimate of drug-likeness (QED) is 0.775. The number of amides is 1. The number of nitrogens with one attached hydrogen (secondary N) is 2. The highest BCUT2D eigenvalue weighted by molar-refractivity contribution is 7.22. The third kappa shape index (κ3) is 2.21. The Balaban J connectivity index is 2.19. The number of aromatic nitrogens is 4. The molecule has 0 saturated carbocycles. The second kappa shape index (κ2) is 4.96. The minimum atomic E-state index is -0.0884. The van der Waals surface area contributed by atoms with E-state index in [4.69, 9.17) is 0 Å². The summed E-state index contributed by atoms with van der Waals surface area (Å²) in [5.74, 6) is 0.571. The largest absolute Gasteiger partial charge is 0.371 e. The smallest absolute Gasteiger partial charge is 0.228 e. The molecule has 3 rings (SSSR count). The fourth-order valence-corrected chi connectivity index (χ4v) is 2.90. The lowest BCUT2D eigenvalue weighted by Crippen LogP contribution is -2.17. The van der Waals surface area contributed by atoms with Gasteiger partial charge in [-0.2, -0.15) is 0 Å². The molecule has 0 spiro atoms. The molecule has 3 aromatic rings. The predicted octanol–water partition coefficient (Wildman–Crippen LogP) is 2.21. The molecule has 8 heteroatoms. The summed E-state index contributed by atoms with van der Waals surface area (Å²) < 4.78 is 1.91. The Morgan fingerprint density at radius 1 is 1.33 bits per heavy atom. The molecule has 0 bridgehead atoms. The van der Waals surface area contributed by atoms with Crippen LogP contribution in [-0.4, -0.2) is 32.5 Å². The van der Waals surface area contributed by atoms with E-state index in [-0.39, 0.29) is 11.8 Å². The molecule has 110 valence electrons. The molecule has 0 fully saturated rings. The van der Waals surface area contributed by atoms with Gasteiger partial charge in [-0.25, -0.2) is 15.0 Å². The summed E-state index contributed by atoms with van der Waals surface area (Å²) in [6.07, 6.45) is 1.73. The summed E-state index contributed by atoms with van der Waals surface area (Å²) in [6, 6.07) is 0. The molecule has 0 aliphatic rings. The van der Waals surface area contributed by atoms with Crippen LogP contribution < -0.4 is 10.6 Å². The maximum absolute atomic E-state index is 11.8. The number of nitrogens with zero attached hydrogens (tertiary/aromatic N) is 4. The van der Waals surface area contributed by atoms with Gasteiger partial charge in [0.15, 0.2) is 10.9 Å². The number of fused-ring (bicyclic) bond motifs is 3. The minimum Gasteiger partial charge on any atom is -0.371 e. The van der Waals surface area contributed by atoms with E-state index in [9.17, 15) is 4.79 Å². The molecule has 3 aromatic heterocycles. The molecule has 0 radical (unpaired) electrons. The molecule has 2 N–H and O–H groups in total. The maximum atomic E-state index is 11.8. The molecule has 0 aromatic carbocycles. The first kappa shape index (κ1) is 13.7. The minimum absolute atomic E-state index is 0.0517. The van der Waals surface area contributed by atoms with Gasteiger partial charge in [0.05, 0.1) is 6.33 Å². The third-order valence-corrected chi connectivity index (χ3v) is 4.06. The average Bonchev–Trinajstić information content (AvgIpc) is 3.00. The van der Waals surface area contributed by atoms with Crippen molar-refractivity contribution >= 4 is 49.6 Å². The Bertz CT molecular complexity index is 834. The first-order valence-electron chi connectivity index (χ1n) is 6.61. The van der Waals surface area contributed by atoms with Crippen LogP contribution in [0.25, 0.3) is 21.4 Å². The van der Waals surface area contributed by atoms with E-state index < -0.39 is 0 Å². The second-order valence-electron chi connectivity index (χ2n) is 5.08. The van der Waals surface area contributed by atoms with Crippen LogP contribution in [0.2, 0.25) is 0 Å². The van der Waals surface area contributed by atoms with Crippen LogP contribution in [0, 0.1) is 5.92 Å². The Kier molecular flexibility index (Phi) is 3.25. The molecule has 3 heterocycles. The summed E-state index contributed by atoms with van der Waals surface area (Å²) in [7, 11) is 3.73. The lowest BCUT2D eigenvalue weighted by Gasteiger charge is -2.02. The van der Waals surface area contributed by atoms with E-state index >= 15 is 0 Å². The lowest BCUT2D eigenvalue weighted by molar-refractivity contribution is -0.118. The number of aryl methyl sites for hydroxylation is 1. The van der Waals surface area contributed by atoms with Gasteiger partial charge in [-0.15, -0.1) is 0 Å². The van der Waals surface area contributed by atoms with Crippen LogP contribution in [0.3, 0.4) is 0 Å². The Morgan fingerprint density at radius 2 is 2.10 bits per heavy atom. The van der Waals surface area contributed by atoms with Crippen LogP contribution in [-0.2, 0) is 11.8 Å². The van der Waals surface area contributed by atoms with Gasteiger partial charge < -0.3 is 15.2 Å². The number of thiazole rings is 1. The summed E-state index contributed by atoms with van der Waals surface area (Å²) in [5.41, 5.74) is 2.44. The number of hydrogen-bond donors (Lipinski definition) is 2. The first-order valence-corrected chi connectivity index (χ1v) is 7.43. The number of carbonyl (C=O) groups is 1. The molecular formula is C13H16N6OS. The fourth-order valence-electron chi connectivity index (χ4n) is 2.06. The molecule has 1 amide bonds. The molecule has 7 nitrogen and oxygen atoms in total. The van der Waals surface area contributed by atoms with Crippen LogP contribution >= 0.6 is 11.3 Å². The number of pyridine rings is 1. The second-order valence-corrected chi connectivity index (χ2v) is 6.06. The normalized spacial score (nSPS) is 11.5. The zero-order valence-corrected chi connectivity index (χ0v) is 13.1. The molecule has 0 atom stereocenters. The highest BCUT2D eigenvalue weighted by Gasteiger charge is 2.17. The zero-order chi connectivity index (χ0) is 15.1. The van der Waals surface area contributed by atoms with E-state index in [0.29, 0.717) is 10.9 Å². The van der Waals surface area contributed by atoms with Crippen LogP contribution in [0.15, 0.2) is 6.33 Å². The standard InChI is InChI=1S/C13H16N6OS/c1-6(2)11(20)18-13-16-8-9-7(15-5-19(9)4)10(14-3)17-12(8)21-13/h5-6H,1-4H3,(H,14,17)(H,16,18,20). The topological polar surface area (TPSA) is 84.7 Å². The predicted molar refractivity (Wildman–Crippen MR) is 84.7 cm³/mol. The molecule has 0 aliphatic heterocycles. The molecule has 0 saturated heterocycles. The summed E-state index contributed by atoms with van der Waals surface area (Å²) >= 11 is 1.36. The fraction of sp³-hybridized carbons (Fsp3) is 0.385. The van der Waals surface area contributed by atoms with Crippen molar-refractivity contribution in [3.63, 3.8) is 0 Å². The van der Waals surface area contributed by atoms with Gasteiger partial charge in [-0.05, 0) is 0 Å². The van der Waals surface area contributed by atoms with Crippen molar-refractivity contribution in [2.24, 2.45) is 13.0 Å². The zero-order valence-electron chi connectivity index (χ0n) is 12.3. The van der Waals surface area contributed by atoms with Crippen LogP contribution in [0.4, 0.5) is 10.9 Å². The van der Waals surface area contributed by atoms with Crippen molar-refractivity contribution in [2.75, 3.05) is 17.7 Å². The maximum Gasteiger partial charge on any atom is 0.228 e. The molecule has 21 heavy (non-hydrogen) atoms. The molecule has 0 unspecified atom stereocenters. The van der Waals surface area contributed by atoms with E-state index in [0.717, 1.165) is 21.4 Å². The molecule has 0 aliphatic carbocycles. The Hall–Kier alpha value is -2.22. The average molecular weight is 304 g/mol. The van der Waals surface area contributed by atoms with Crippen molar-refractivity contribution in [3.05, 3.63) is 6.33 Å². The lowest BCUT2D eigenvalue weighted by atomic mass is 10.2. The van der Waals surface area contributed by atoms with Crippen molar-refractivity contribution in [3.8, 4) is 0 Å². The van der Waals surface area contributed by atoms with E-state index in [1.165, 1.54) is 11.3 Å². The van der Waals surface area contributed by atoms with Crippen LogP contribution in [0.5, 0.6) is 0 Å². The van der Waals surface area contributed by atoms with Gasteiger partial charge in [0.2, 0.25) is 5.91 Å². The van der Waals surface area contributed by atoms with Crippen molar-refractivity contribution < 1.29 is 4.79 Å². The van der Waals surface area contributed by atoms with Crippen LogP contribution in [0.1, 0.15) is 13.8 Å². The van der Waals surface area contributed by atoms with Crippen molar-refractivity contribution in [1.29, 1.82) is 0 Å². The van der Waals surface area contributed by atoms with Gasteiger partial charge in [0.25, 0.3) is 0 Å². The summed E-state index contributed by atoms with van der Waals surface area (Å²) in [6.45, 7) is 3.69. The van der Waals surface area contributed by atoms with Gasteiger partial charge in [0.1, 0.15) is 21.4 Å². The van der Waals surface area contributed by atoms with E-state index in [2.05, 4.69) is 25.6 Å². The third-order valence-electron chi connectivity index (χ3n) is 3.20. The van der Waals surface area contributed by atoms with Crippen molar-refractivity contribution in [1.82, 2.24) is 19.5 Å². The first-order chi connectivity index (χ1) is 10.0. The highest BCUT2D eigenvalue weighted by atomic mass is 32.1. The summed E-state index contributed by atoms with van der Waals surface area (Å²) in [4.78, 5) is 26.0. The molecular weight excluding hydrogens is 288 g/mol. The number of anilines is 2. The van der Waals surface area contributed by atoms with Crippen molar-refractivity contribution in [2.45, 2.75) is 13.8 Å². The number of imidazole rings is 1. The Labute approximate surface area is 125 Å². The van der Waals surface area contributed by atoms with E-state index in [1.807, 2.05) is 32.5 Å². The number of rotatable bonds is 3.